The number of amides is 1. The van der Waals surface area contributed by atoms with Crippen molar-refractivity contribution in [2.45, 2.75) is 26.2 Å². The van der Waals surface area contributed by atoms with Gasteiger partial charge in [0.15, 0.2) is 5.82 Å². The lowest BCUT2D eigenvalue weighted by atomic mass is 9.85. The second-order valence-corrected chi connectivity index (χ2v) is 6.16. The van der Waals surface area contributed by atoms with E-state index >= 15 is 0 Å². The summed E-state index contributed by atoms with van der Waals surface area (Å²) >= 11 is 0. The van der Waals surface area contributed by atoms with E-state index in [0.29, 0.717) is 29.8 Å². The van der Waals surface area contributed by atoms with Crippen LogP contribution in [0.15, 0.2) is 36.8 Å². The number of pyridine rings is 1. The van der Waals surface area contributed by atoms with Crippen LogP contribution in [0.5, 0.6) is 0 Å². The van der Waals surface area contributed by atoms with E-state index in [0.717, 1.165) is 13.1 Å². The first-order chi connectivity index (χ1) is 11.2. The van der Waals surface area contributed by atoms with Crippen LogP contribution in [-0.2, 0) is 4.79 Å². The number of hydrogen-bond donors (Lipinski definition) is 2. The molecule has 2 N–H and O–H groups in total. The predicted molar refractivity (Wildman–Crippen MR) is 89.4 cm³/mol. The van der Waals surface area contributed by atoms with Crippen LogP contribution in [0, 0.1) is 11.8 Å². The average molecular weight is 313 g/mol. The van der Waals surface area contributed by atoms with Gasteiger partial charge in [-0.2, -0.15) is 5.10 Å². The van der Waals surface area contributed by atoms with E-state index in [1.807, 2.05) is 24.4 Å². The zero-order valence-corrected chi connectivity index (χ0v) is 13.4. The summed E-state index contributed by atoms with van der Waals surface area (Å²) in [6.45, 7) is 4.27. The Labute approximate surface area is 136 Å². The largest absolute Gasteiger partial charge is 0.323 e. The number of carbonyl (C=O) groups excluding carboxylic acids is 1. The molecule has 2 aromatic heterocycles. The highest BCUT2D eigenvalue weighted by Crippen LogP contribution is 2.23. The van der Waals surface area contributed by atoms with Crippen LogP contribution >= 0.6 is 0 Å². The molecular weight excluding hydrogens is 290 g/mol. The van der Waals surface area contributed by atoms with E-state index in [1.165, 1.54) is 12.8 Å². The van der Waals surface area contributed by atoms with E-state index in [9.17, 15) is 4.79 Å². The van der Waals surface area contributed by atoms with Crippen molar-refractivity contribution in [3.05, 3.63) is 36.8 Å². The molecule has 2 aromatic rings. The molecule has 6 heteroatoms. The summed E-state index contributed by atoms with van der Waals surface area (Å²) < 4.78 is 1.66. The van der Waals surface area contributed by atoms with E-state index in [1.54, 1.807) is 17.1 Å². The minimum absolute atomic E-state index is 0.0319. The van der Waals surface area contributed by atoms with Crippen molar-refractivity contribution in [2.75, 3.05) is 18.4 Å². The van der Waals surface area contributed by atoms with Crippen molar-refractivity contribution in [2.24, 2.45) is 11.8 Å². The number of nitrogens with zero attached hydrogens (tertiary/aromatic N) is 3. The molecule has 3 rings (SSSR count). The Morgan fingerprint density at radius 2 is 2.39 bits per heavy atom. The third kappa shape index (κ3) is 3.96. The molecule has 1 amide bonds. The zero-order chi connectivity index (χ0) is 16.1. The molecule has 1 aliphatic rings. The molecule has 6 nitrogen and oxygen atoms in total. The average Bonchev–Trinajstić information content (AvgIpc) is 3.10. The maximum Gasteiger partial charge on any atom is 0.224 e. The molecule has 2 atom stereocenters. The number of rotatable bonds is 5. The summed E-state index contributed by atoms with van der Waals surface area (Å²) in [4.78, 5) is 16.7. The summed E-state index contributed by atoms with van der Waals surface area (Å²) in [5, 5.41) is 10.6. The molecule has 0 bridgehead atoms. The Bertz CT molecular complexity index is 634. The van der Waals surface area contributed by atoms with Crippen LogP contribution in [0.1, 0.15) is 26.2 Å². The summed E-state index contributed by atoms with van der Waals surface area (Å²) in [7, 11) is 0. The third-order valence-corrected chi connectivity index (χ3v) is 4.43. The van der Waals surface area contributed by atoms with E-state index < -0.39 is 0 Å². The summed E-state index contributed by atoms with van der Waals surface area (Å²) in [5.41, 5.74) is 0.690. The highest BCUT2D eigenvalue weighted by Gasteiger charge is 2.22. The third-order valence-electron chi connectivity index (χ3n) is 4.43. The molecule has 0 spiro atoms. The Kier molecular flexibility index (Phi) is 5.02. The highest BCUT2D eigenvalue weighted by molar-refractivity contribution is 5.92. The van der Waals surface area contributed by atoms with Crippen LogP contribution in [0.2, 0.25) is 0 Å². The van der Waals surface area contributed by atoms with Crippen LogP contribution in [0.3, 0.4) is 0 Å². The Morgan fingerprint density at radius 3 is 3.13 bits per heavy atom. The van der Waals surface area contributed by atoms with E-state index in [-0.39, 0.29) is 5.91 Å². The van der Waals surface area contributed by atoms with Crippen LogP contribution in [0.4, 0.5) is 5.69 Å². The van der Waals surface area contributed by atoms with Crippen molar-refractivity contribution in [1.29, 1.82) is 0 Å². The van der Waals surface area contributed by atoms with E-state index in [2.05, 4.69) is 27.6 Å². The molecule has 3 heterocycles. The fraction of sp³-hybridized carbons (Fsp3) is 0.471. The van der Waals surface area contributed by atoms with Gasteiger partial charge in [-0.05, 0) is 56.0 Å². The molecular formula is C17H23N5O. The van der Waals surface area contributed by atoms with Gasteiger partial charge in [0.25, 0.3) is 0 Å². The lowest BCUT2D eigenvalue weighted by Gasteiger charge is -2.28. The van der Waals surface area contributed by atoms with Gasteiger partial charge in [0.05, 0.1) is 5.69 Å². The minimum atomic E-state index is 0.0319. The summed E-state index contributed by atoms with van der Waals surface area (Å²) in [5.74, 6) is 1.61. The van der Waals surface area contributed by atoms with Crippen LogP contribution in [0.25, 0.3) is 5.82 Å². The number of nitrogens with one attached hydrogen (secondary N) is 2. The SMILES string of the molecule is CC(CC(=O)Nc1cccnc1-n1cccn1)C1CCCNC1. The van der Waals surface area contributed by atoms with Gasteiger partial charge >= 0.3 is 0 Å². The maximum absolute atomic E-state index is 12.4. The van der Waals surface area contributed by atoms with Gasteiger partial charge in [-0.3, -0.25) is 4.79 Å². The molecule has 2 unspecified atom stereocenters. The van der Waals surface area contributed by atoms with Crippen molar-refractivity contribution in [3.8, 4) is 5.82 Å². The lowest BCUT2D eigenvalue weighted by molar-refractivity contribution is -0.117. The molecule has 1 aliphatic heterocycles. The fourth-order valence-corrected chi connectivity index (χ4v) is 3.10. The van der Waals surface area contributed by atoms with Crippen molar-refractivity contribution in [3.63, 3.8) is 0 Å². The standard InChI is InChI=1S/C17H23N5O/c1-13(14-5-2-7-18-12-14)11-16(23)21-15-6-3-8-19-17(15)22-10-4-9-20-22/h3-4,6,8-10,13-14,18H,2,5,7,11-12H2,1H3,(H,21,23). The highest BCUT2D eigenvalue weighted by atomic mass is 16.1. The first-order valence-electron chi connectivity index (χ1n) is 8.19. The predicted octanol–water partition coefficient (Wildman–Crippen LogP) is 2.23. The molecule has 1 saturated heterocycles. The van der Waals surface area contributed by atoms with Gasteiger partial charge in [-0.15, -0.1) is 0 Å². The molecule has 1 fully saturated rings. The van der Waals surface area contributed by atoms with Crippen LogP contribution in [-0.4, -0.2) is 33.8 Å². The monoisotopic (exact) mass is 313 g/mol. The molecule has 0 saturated carbocycles. The fourth-order valence-electron chi connectivity index (χ4n) is 3.10. The smallest absolute Gasteiger partial charge is 0.224 e. The lowest BCUT2D eigenvalue weighted by Crippen LogP contribution is -2.34. The summed E-state index contributed by atoms with van der Waals surface area (Å²) in [6.07, 6.45) is 8.13. The van der Waals surface area contributed by atoms with Gasteiger partial charge in [0.2, 0.25) is 5.91 Å². The molecule has 122 valence electrons. The van der Waals surface area contributed by atoms with Crippen molar-refractivity contribution in [1.82, 2.24) is 20.1 Å². The number of carbonyl (C=O) groups is 1. The maximum atomic E-state index is 12.4. The van der Waals surface area contributed by atoms with Gasteiger partial charge in [-0.1, -0.05) is 6.92 Å². The molecule has 23 heavy (non-hydrogen) atoms. The quantitative estimate of drug-likeness (QED) is 0.888. The normalized spacial score (nSPS) is 19.3. The van der Waals surface area contributed by atoms with Gasteiger partial charge in [0.1, 0.15) is 0 Å². The minimum Gasteiger partial charge on any atom is -0.323 e. The van der Waals surface area contributed by atoms with Crippen molar-refractivity contribution >= 4 is 11.6 Å². The zero-order valence-electron chi connectivity index (χ0n) is 13.4. The van der Waals surface area contributed by atoms with Gasteiger partial charge < -0.3 is 10.6 Å². The second kappa shape index (κ2) is 7.37. The van der Waals surface area contributed by atoms with Crippen LogP contribution < -0.4 is 10.6 Å². The molecule has 0 aliphatic carbocycles. The molecule has 0 aromatic carbocycles. The van der Waals surface area contributed by atoms with Gasteiger partial charge in [0, 0.05) is 25.0 Å². The number of piperidine rings is 1. The molecule has 0 radical (unpaired) electrons. The Hall–Kier alpha value is -2.21. The summed E-state index contributed by atoms with van der Waals surface area (Å²) in [6, 6.07) is 5.50. The number of anilines is 1. The van der Waals surface area contributed by atoms with E-state index in [4.69, 9.17) is 0 Å². The topological polar surface area (TPSA) is 71.8 Å². The first-order valence-corrected chi connectivity index (χ1v) is 8.19. The Morgan fingerprint density at radius 1 is 1.48 bits per heavy atom. The Balaban J connectivity index is 1.64. The van der Waals surface area contributed by atoms with Crippen molar-refractivity contribution < 1.29 is 4.79 Å². The number of hydrogen-bond acceptors (Lipinski definition) is 4. The number of aromatic nitrogens is 3. The van der Waals surface area contributed by atoms with Gasteiger partial charge in [-0.25, -0.2) is 9.67 Å². The first kappa shape index (κ1) is 15.7. The second-order valence-electron chi connectivity index (χ2n) is 6.16.